The van der Waals surface area contributed by atoms with Crippen molar-refractivity contribution >= 4 is 71.8 Å². The van der Waals surface area contributed by atoms with E-state index in [-0.39, 0.29) is 23.8 Å². The minimum atomic E-state index is -2.07. The summed E-state index contributed by atoms with van der Waals surface area (Å²) in [6, 6.07) is 30.2. The van der Waals surface area contributed by atoms with Crippen molar-refractivity contribution in [1.82, 2.24) is 10.3 Å². The third-order valence-electron chi connectivity index (χ3n) is 11.3. The third kappa shape index (κ3) is 12.9. The number of amides is 1. The maximum Gasteiger partial charge on any atom is 0.329 e. The number of thioether (sulfide) groups is 2. The highest BCUT2D eigenvalue weighted by Crippen LogP contribution is 2.48. The number of aromatic nitrogens is 1. The molecule has 5 atom stereocenters. The van der Waals surface area contributed by atoms with Gasteiger partial charge in [-0.3, -0.25) is 19.4 Å². The van der Waals surface area contributed by atoms with Gasteiger partial charge in [0.25, 0.3) is 0 Å². The number of nitrogens with zero attached hydrogens (tertiary/aromatic N) is 2. The van der Waals surface area contributed by atoms with Gasteiger partial charge >= 0.3 is 17.9 Å². The van der Waals surface area contributed by atoms with E-state index in [0.717, 1.165) is 16.7 Å². The summed E-state index contributed by atoms with van der Waals surface area (Å²) in [7, 11) is -2.07. The highest BCUT2D eigenvalue weighted by atomic mass is 32.2. The summed E-state index contributed by atoms with van der Waals surface area (Å²) in [6.07, 6.45) is 3.18. The summed E-state index contributed by atoms with van der Waals surface area (Å²) < 4.78 is 11.1. The summed E-state index contributed by atoms with van der Waals surface area (Å²) >= 11 is 4.50. The second kappa shape index (κ2) is 21.7. The van der Waals surface area contributed by atoms with E-state index in [4.69, 9.17) is 14.5 Å². The molecule has 2 heterocycles. The van der Waals surface area contributed by atoms with Gasteiger partial charge in [-0.1, -0.05) is 137 Å². The number of allylic oxidation sites excluding steroid dienone is 1. The molecule has 0 spiro atoms. The lowest BCUT2D eigenvalue weighted by molar-refractivity contribution is -0.159. The number of hydrogen-bond acceptors (Lipinski definition) is 11. The van der Waals surface area contributed by atoms with Crippen LogP contribution in [0.5, 0.6) is 0 Å². The Balaban J connectivity index is 1.36. The number of aliphatic carboxylic acids is 1. The van der Waals surface area contributed by atoms with Gasteiger partial charge in [0.2, 0.25) is 5.91 Å². The SMILES string of the molecule is CC(C)[C@H](NC(=O)[C@@]1(C)CSC(c2csc(CC(=O)OC(C)(C)C)n2)=N1)C(=O)O[C@H](/C=C/CCSC(c1ccccc1)(c1ccccc1)c1ccccc1)C(C(=O)O)C(C)[Si](C)(C)C. The predicted octanol–water partition coefficient (Wildman–Crippen LogP) is 10.4. The summed E-state index contributed by atoms with van der Waals surface area (Å²) in [6.45, 7) is 19.0. The van der Waals surface area contributed by atoms with Crippen molar-refractivity contribution in [3.63, 3.8) is 0 Å². The third-order valence-corrected chi connectivity index (χ3v) is 18.1. The molecule has 10 nitrogen and oxygen atoms in total. The van der Waals surface area contributed by atoms with Gasteiger partial charge < -0.3 is 19.9 Å². The first-order valence-corrected chi connectivity index (χ1v) is 28.2. The highest BCUT2D eigenvalue weighted by molar-refractivity contribution is 8.14. The zero-order valence-electron chi connectivity index (χ0n) is 38.6. The molecule has 2 N–H and O–H groups in total. The summed E-state index contributed by atoms with van der Waals surface area (Å²) in [4.78, 5) is 63.2. The second-order valence-corrected chi connectivity index (χ2v) is 27.7. The van der Waals surface area contributed by atoms with E-state index in [1.165, 1.54) is 23.1 Å². The summed E-state index contributed by atoms with van der Waals surface area (Å²) in [5.74, 6) is -2.98. The van der Waals surface area contributed by atoms with Crippen LogP contribution in [0.3, 0.4) is 0 Å². The van der Waals surface area contributed by atoms with Crippen molar-refractivity contribution in [1.29, 1.82) is 0 Å². The van der Waals surface area contributed by atoms with E-state index in [9.17, 15) is 24.3 Å². The van der Waals surface area contributed by atoms with Crippen molar-refractivity contribution in [2.75, 3.05) is 11.5 Å². The number of esters is 2. The lowest BCUT2D eigenvalue weighted by Gasteiger charge is -2.35. The Morgan fingerprint density at radius 2 is 1.45 bits per heavy atom. The Morgan fingerprint density at radius 3 is 1.94 bits per heavy atom. The van der Waals surface area contributed by atoms with E-state index in [1.807, 2.05) is 71.2 Å². The molecule has 0 aliphatic carbocycles. The first kappa shape index (κ1) is 50.5. The second-order valence-electron chi connectivity index (χ2n) is 18.8. The molecule has 14 heteroatoms. The lowest BCUT2D eigenvalue weighted by Crippen LogP contribution is -2.54. The molecule has 5 rings (SSSR count). The average Bonchev–Trinajstić information content (AvgIpc) is 3.88. The number of hydrogen-bond donors (Lipinski definition) is 2. The Kier molecular flexibility index (Phi) is 17.1. The molecule has 0 radical (unpaired) electrons. The van der Waals surface area contributed by atoms with Crippen LogP contribution >= 0.6 is 34.9 Å². The highest BCUT2D eigenvalue weighted by Gasteiger charge is 2.44. The number of thiazole rings is 1. The largest absolute Gasteiger partial charge is 0.481 e. The standard InChI is InChI=1S/C50H63N3O7S3Si/c1-33(2)43(52-47(58)49(7)32-62-44(53-49)38-31-61-40(51-38)30-41(54)60-48(4,5)6)46(57)59-39(42(45(55)56)34(3)64(8,9)10)28-20-21-29-63-50(35-22-14-11-15-23-35,36-24-16-12-17-25-36)37-26-18-13-19-27-37/h11-20,22-28,31,33-34,39,42-43H,21,29-30,32H2,1-10H3,(H,52,58)(H,55,56)/b28-20+/t34?,39-,42?,43+,49-/m1/s1. The van der Waals surface area contributed by atoms with E-state index in [0.29, 0.717) is 33.7 Å². The molecule has 342 valence electrons. The van der Waals surface area contributed by atoms with Crippen LogP contribution in [-0.4, -0.2) is 81.8 Å². The van der Waals surface area contributed by atoms with Crippen molar-refractivity contribution < 1.29 is 33.8 Å². The van der Waals surface area contributed by atoms with E-state index >= 15 is 0 Å². The first-order chi connectivity index (χ1) is 30.1. The Bertz CT molecular complexity index is 2180. The van der Waals surface area contributed by atoms with Gasteiger partial charge in [-0.25, -0.2) is 9.78 Å². The van der Waals surface area contributed by atoms with Crippen LogP contribution in [0.15, 0.2) is 114 Å². The molecule has 1 aliphatic heterocycles. The van der Waals surface area contributed by atoms with Gasteiger partial charge in [0.1, 0.15) is 39.0 Å². The molecule has 1 amide bonds. The number of ether oxygens (including phenoxy) is 2. The fourth-order valence-electron chi connectivity index (χ4n) is 7.43. The monoisotopic (exact) mass is 941 g/mol. The number of carbonyl (C=O) groups is 4. The van der Waals surface area contributed by atoms with Crippen LogP contribution in [0.2, 0.25) is 25.2 Å². The fraction of sp³-hybridized carbons (Fsp3) is 0.440. The van der Waals surface area contributed by atoms with E-state index < -0.39 is 59.9 Å². The molecule has 0 bridgehead atoms. The lowest BCUT2D eigenvalue weighted by atomic mass is 9.84. The molecule has 0 fully saturated rings. The molecule has 1 aromatic heterocycles. The molecule has 0 saturated carbocycles. The number of carboxylic acids is 1. The average molecular weight is 942 g/mol. The molecular formula is C50H63N3O7S3Si. The minimum absolute atomic E-state index is 0.0297. The molecule has 1 aliphatic rings. The number of benzene rings is 3. The number of carbonyl (C=O) groups excluding carboxylic acids is 3. The van der Waals surface area contributed by atoms with Gasteiger partial charge in [-0.05, 0) is 74.1 Å². The zero-order valence-corrected chi connectivity index (χ0v) is 42.1. The molecule has 3 aromatic carbocycles. The summed E-state index contributed by atoms with van der Waals surface area (Å²) in [5, 5.41) is 16.6. The number of rotatable bonds is 20. The van der Waals surface area contributed by atoms with Crippen LogP contribution in [0.25, 0.3) is 0 Å². The normalized spacial score (nSPS) is 17.6. The Labute approximate surface area is 392 Å². The molecule has 2 unspecified atom stereocenters. The van der Waals surface area contributed by atoms with Crippen LogP contribution in [-0.2, 0) is 39.8 Å². The number of nitrogens with one attached hydrogen (secondary N) is 1. The fourth-order valence-corrected chi connectivity index (χ4v) is 12.3. The zero-order chi connectivity index (χ0) is 46.9. The molecule has 0 saturated heterocycles. The number of aliphatic imine (C=N–C) groups is 1. The topological polar surface area (TPSA) is 144 Å². The van der Waals surface area contributed by atoms with E-state index in [1.54, 1.807) is 24.8 Å². The summed E-state index contributed by atoms with van der Waals surface area (Å²) in [5.41, 5.74) is 1.92. The van der Waals surface area contributed by atoms with Crippen LogP contribution in [0.4, 0.5) is 0 Å². The van der Waals surface area contributed by atoms with Gasteiger partial charge in [0, 0.05) is 19.2 Å². The Hall–Kier alpha value is -4.50. The van der Waals surface area contributed by atoms with Crippen LogP contribution < -0.4 is 5.32 Å². The maximum atomic E-state index is 14.3. The van der Waals surface area contributed by atoms with Gasteiger partial charge in [-0.15, -0.1) is 34.9 Å². The quantitative estimate of drug-likeness (QED) is 0.0289. The van der Waals surface area contributed by atoms with Crippen molar-refractivity contribution in [2.24, 2.45) is 16.8 Å². The minimum Gasteiger partial charge on any atom is -0.481 e. The molecule has 64 heavy (non-hydrogen) atoms. The van der Waals surface area contributed by atoms with Crippen molar-refractivity contribution in [3.05, 3.63) is 136 Å². The van der Waals surface area contributed by atoms with Gasteiger partial charge in [0.05, 0.1) is 17.1 Å². The van der Waals surface area contributed by atoms with Crippen molar-refractivity contribution in [3.8, 4) is 0 Å². The Morgan fingerprint density at radius 1 is 0.906 bits per heavy atom. The first-order valence-electron chi connectivity index (χ1n) is 21.8. The molecular weight excluding hydrogens is 879 g/mol. The van der Waals surface area contributed by atoms with Crippen LogP contribution in [0, 0.1) is 11.8 Å². The van der Waals surface area contributed by atoms with Gasteiger partial charge in [-0.2, -0.15) is 0 Å². The predicted molar refractivity (Wildman–Crippen MR) is 265 cm³/mol. The van der Waals surface area contributed by atoms with Crippen molar-refractivity contribution in [2.45, 2.75) is 115 Å². The number of carboxylic acid groups (broad SMARTS) is 1. The smallest absolute Gasteiger partial charge is 0.329 e. The van der Waals surface area contributed by atoms with E-state index in [2.05, 4.69) is 103 Å². The van der Waals surface area contributed by atoms with Gasteiger partial charge in [0.15, 0.2) is 0 Å². The molecule has 4 aromatic rings. The van der Waals surface area contributed by atoms with Crippen LogP contribution in [0.1, 0.15) is 82.3 Å². The maximum absolute atomic E-state index is 14.3.